The minimum absolute atomic E-state index is 0.0163. The third kappa shape index (κ3) is 3.28. The largest absolute Gasteiger partial charge is 0.387 e. The molecule has 0 unspecified atom stereocenters. The molecule has 1 amide bonds. The van der Waals surface area contributed by atoms with E-state index in [9.17, 15) is 4.79 Å². The number of rotatable bonds is 4. The Balaban J connectivity index is 1.97. The van der Waals surface area contributed by atoms with Gasteiger partial charge in [-0.2, -0.15) is 0 Å². The minimum atomic E-state index is 0.0163. The summed E-state index contributed by atoms with van der Waals surface area (Å²) in [5.74, 6) is 0.0163. The molecule has 5 nitrogen and oxygen atoms in total. The van der Waals surface area contributed by atoms with E-state index in [0.717, 1.165) is 38.2 Å². The molecular weight excluding hydrogens is 252 g/mol. The molecular formula is C15H24N4O. The van der Waals surface area contributed by atoms with Crippen molar-refractivity contribution in [1.82, 2.24) is 14.8 Å². The molecule has 2 rings (SSSR count). The van der Waals surface area contributed by atoms with Crippen molar-refractivity contribution in [3.05, 3.63) is 24.0 Å². The molecule has 1 aliphatic rings. The summed E-state index contributed by atoms with van der Waals surface area (Å²) in [6.45, 7) is 5.43. The topological polar surface area (TPSA) is 48.5 Å². The Morgan fingerprint density at radius 2 is 2.15 bits per heavy atom. The summed E-state index contributed by atoms with van der Waals surface area (Å²) < 4.78 is 0. The highest BCUT2D eigenvalue weighted by atomic mass is 16.2. The van der Waals surface area contributed by atoms with Crippen LogP contribution in [0.1, 0.15) is 30.3 Å². The first kappa shape index (κ1) is 14.8. The van der Waals surface area contributed by atoms with Crippen LogP contribution in [-0.2, 0) is 0 Å². The zero-order chi connectivity index (χ0) is 14.5. The van der Waals surface area contributed by atoms with Crippen LogP contribution in [0.25, 0.3) is 0 Å². The first-order valence-electron chi connectivity index (χ1n) is 7.29. The van der Waals surface area contributed by atoms with Crippen molar-refractivity contribution in [3.63, 3.8) is 0 Å². The number of carbonyl (C=O) groups excluding carboxylic acids is 1. The zero-order valence-electron chi connectivity index (χ0n) is 12.6. The van der Waals surface area contributed by atoms with E-state index >= 15 is 0 Å². The van der Waals surface area contributed by atoms with E-state index in [4.69, 9.17) is 0 Å². The molecule has 1 N–H and O–H groups in total. The average Bonchev–Trinajstić information content (AvgIpc) is 2.53. The Labute approximate surface area is 121 Å². The maximum atomic E-state index is 12.4. The fraction of sp³-hybridized carbons (Fsp3) is 0.600. The smallest absolute Gasteiger partial charge is 0.272 e. The molecule has 0 spiro atoms. The van der Waals surface area contributed by atoms with Crippen molar-refractivity contribution in [3.8, 4) is 0 Å². The van der Waals surface area contributed by atoms with Gasteiger partial charge < -0.3 is 15.1 Å². The number of pyridine rings is 1. The molecule has 0 atom stereocenters. The number of aromatic nitrogens is 1. The molecule has 1 aliphatic heterocycles. The summed E-state index contributed by atoms with van der Waals surface area (Å²) >= 11 is 0. The second kappa shape index (κ2) is 6.70. The van der Waals surface area contributed by atoms with Crippen LogP contribution in [0.2, 0.25) is 0 Å². The lowest BCUT2D eigenvalue weighted by Crippen LogP contribution is -2.45. The van der Waals surface area contributed by atoms with Gasteiger partial charge in [0.2, 0.25) is 0 Å². The maximum Gasteiger partial charge on any atom is 0.272 e. The second-order valence-electron chi connectivity index (χ2n) is 5.26. The fourth-order valence-electron chi connectivity index (χ4n) is 2.64. The number of amides is 1. The molecule has 2 heterocycles. The van der Waals surface area contributed by atoms with Crippen molar-refractivity contribution in [2.24, 2.45) is 0 Å². The van der Waals surface area contributed by atoms with Crippen molar-refractivity contribution in [2.45, 2.75) is 25.8 Å². The Kier molecular flexibility index (Phi) is 4.95. The van der Waals surface area contributed by atoms with E-state index in [0.29, 0.717) is 11.7 Å². The molecule has 1 saturated heterocycles. The predicted octanol–water partition coefficient (Wildman–Crippen LogP) is 1.68. The van der Waals surface area contributed by atoms with Crippen molar-refractivity contribution >= 4 is 11.6 Å². The number of hydrogen-bond acceptors (Lipinski definition) is 4. The molecule has 0 saturated carbocycles. The number of likely N-dealkylation sites (tertiary alicyclic amines) is 1. The van der Waals surface area contributed by atoms with Crippen LogP contribution in [0.15, 0.2) is 18.3 Å². The number of piperidine rings is 1. The lowest BCUT2D eigenvalue weighted by molar-refractivity contribution is 0.0641. The number of anilines is 1. The molecule has 0 radical (unpaired) electrons. The SMILES string of the molecule is CCN1CCC(N(C)C(=O)c2ccc(NC)cn2)CC1. The second-order valence-corrected chi connectivity index (χ2v) is 5.26. The van der Waals surface area contributed by atoms with Gasteiger partial charge in [0.15, 0.2) is 0 Å². The highest BCUT2D eigenvalue weighted by Gasteiger charge is 2.25. The van der Waals surface area contributed by atoms with E-state index in [-0.39, 0.29) is 5.91 Å². The van der Waals surface area contributed by atoms with Gasteiger partial charge in [0.05, 0.1) is 11.9 Å². The summed E-state index contributed by atoms with van der Waals surface area (Å²) in [4.78, 5) is 20.9. The van der Waals surface area contributed by atoms with E-state index in [2.05, 4.69) is 22.1 Å². The molecule has 5 heteroatoms. The van der Waals surface area contributed by atoms with E-state index < -0.39 is 0 Å². The first-order chi connectivity index (χ1) is 9.65. The summed E-state index contributed by atoms with van der Waals surface area (Å²) in [6, 6.07) is 4.00. The summed E-state index contributed by atoms with van der Waals surface area (Å²) in [5, 5.41) is 3.00. The Bertz CT molecular complexity index is 438. The monoisotopic (exact) mass is 276 g/mol. The molecule has 0 aromatic carbocycles. The lowest BCUT2D eigenvalue weighted by atomic mass is 10.0. The first-order valence-corrected chi connectivity index (χ1v) is 7.29. The summed E-state index contributed by atoms with van der Waals surface area (Å²) in [7, 11) is 3.73. The number of carbonyl (C=O) groups is 1. The van der Waals surface area contributed by atoms with Gasteiger partial charge in [-0.25, -0.2) is 4.98 Å². The van der Waals surface area contributed by atoms with Crippen LogP contribution in [0.4, 0.5) is 5.69 Å². The van der Waals surface area contributed by atoms with Crippen LogP contribution >= 0.6 is 0 Å². The Morgan fingerprint density at radius 1 is 1.45 bits per heavy atom. The molecule has 1 fully saturated rings. The van der Waals surface area contributed by atoms with Crippen LogP contribution < -0.4 is 5.32 Å². The molecule has 0 aliphatic carbocycles. The quantitative estimate of drug-likeness (QED) is 0.909. The molecule has 110 valence electrons. The van der Waals surface area contributed by atoms with E-state index in [1.165, 1.54) is 0 Å². The number of nitrogens with zero attached hydrogens (tertiary/aromatic N) is 3. The standard InChI is InChI=1S/C15H24N4O/c1-4-19-9-7-13(8-10-19)18(3)15(20)14-6-5-12(16-2)11-17-14/h5-6,11,13,16H,4,7-10H2,1-3H3. The van der Waals surface area contributed by atoms with Gasteiger partial charge in [0, 0.05) is 33.2 Å². The normalized spacial score (nSPS) is 16.9. The lowest BCUT2D eigenvalue weighted by Gasteiger charge is -2.36. The van der Waals surface area contributed by atoms with Gasteiger partial charge >= 0.3 is 0 Å². The molecule has 0 bridgehead atoms. The average molecular weight is 276 g/mol. The number of hydrogen-bond donors (Lipinski definition) is 1. The van der Waals surface area contributed by atoms with Gasteiger partial charge in [-0.15, -0.1) is 0 Å². The van der Waals surface area contributed by atoms with Gasteiger partial charge in [-0.1, -0.05) is 6.92 Å². The third-order valence-electron chi connectivity index (χ3n) is 4.14. The van der Waals surface area contributed by atoms with Gasteiger partial charge in [0.1, 0.15) is 5.69 Å². The van der Waals surface area contributed by atoms with Gasteiger partial charge in [-0.3, -0.25) is 4.79 Å². The highest BCUT2D eigenvalue weighted by Crippen LogP contribution is 2.17. The molecule has 20 heavy (non-hydrogen) atoms. The van der Waals surface area contributed by atoms with Crippen LogP contribution in [0.3, 0.4) is 0 Å². The summed E-state index contributed by atoms with van der Waals surface area (Å²) in [5.41, 5.74) is 1.44. The summed E-state index contributed by atoms with van der Waals surface area (Å²) in [6.07, 6.45) is 3.79. The zero-order valence-corrected chi connectivity index (χ0v) is 12.6. The van der Waals surface area contributed by atoms with Crippen molar-refractivity contribution < 1.29 is 4.79 Å². The Hall–Kier alpha value is -1.62. The van der Waals surface area contributed by atoms with Crippen molar-refractivity contribution in [2.75, 3.05) is 39.0 Å². The van der Waals surface area contributed by atoms with E-state index in [1.807, 2.05) is 25.1 Å². The molecule has 1 aromatic rings. The Morgan fingerprint density at radius 3 is 2.65 bits per heavy atom. The highest BCUT2D eigenvalue weighted by molar-refractivity contribution is 5.92. The molecule has 1 aromatic heterocycles. The van der Waals surface area contributed by atoms with Gasteiger partial charge in [-0.05, 0) is 31.5 Å². The third-order valence-corrected chi connectivity index (χ3v) is 4.14. The van der Waals surface area contributed by atoms with Crippen molar-refractivity contribution in [1.29, 1.82) is 0 Å². The van der Waals surface area contributed by atoms with Crippen LogP contribution in [0.5, 0.6) is 0 Å². The number of nitrogens with one attached hydrogen (secondary N) is 1. The fourth-order valence-corrected chi connectivity index (χ4v) is 2.64. The minimum Gasteiger partial charge on any atom is -0.387 e. The van der Waals surface area contributed by atoms with Crippen LogP contribution in [0, 0.1) is 0 Å². The van der Waals surface area contributed by atoms with E-state index in [1.54, 1.807) is 12.3 Å². The van der Waals surface area contributed by atoms with Gasteiger partial charge in [0.25, 0.3) is 5.91 Å². The maximum absolute atomic E-state index is 12.4. The van der Waals surface area contributed by atoms with Crippen LogP contribution in [-0.4, -0.2) is 60.5 Å². The predicted molar refractivity (Wildman–Crippen MR) is 81.0 cm³/mol.